The van der Waals surface area contributed by atoms with E-state index in [2.05, 4.69) is 5.32 Å². The smallest absolute Gasteiger partial charge is 0.264 e. The lowest BCUT2D eigenvalue weighted by atomic mass is 10.0. The molecule has 4 aromatic carbocycles. The summed E-state index contributed by atoms with van der Waals surface area (Å²) in [6.07, 6.45) is 0.175. The Balaban J connectivity index is 1.83. The van der Waals surface area contributed by atoms with Crippen LogP contribution in [0.5, 0.6) is 5.75 Å². The van der Waals surface area contributed by atoms with Crippen molar-refractivity contribution in [2.75, 3.05) is 24.5 Å². The lowest BCUT2D eigenvalue weighted by Crippen LogP contribution is -2.53. The quantitative estimate of drug-likeness (QED) is 0.155. The van der Waals surface area contributed by atoms with E-state index in [0.29, 0.717) is 33.6 Å². The molecule has 1 N–H and O–H groups in total. The van der Waals surface area contributed by atoms with Crippen LogP contribution in [0.4, 0.5) is 5.69 Å². The molecule has 0 saturated heterocycles. The fraction of sp³-hybridized carbons (Fsp3) is 0.278. The third-order valence-electron chi connectivity index (χ3n) is 7.59. The maximum atomic E-state index is 14.6. The summed E-state index contributed by atoms with van der Waals surface area (Å²) >= 11 is 13.2. The summed E-state index contributed by atoms with van der Waals surface area (Å²) in [4.78, 5) is 29.9. The molecule has 1 atom stereocenters. The van der Waals surface area contributed by atoms with Gasteiger partial charge in [-0.05, 0) is 66.9 Å². The predicted octanol–water partition coefficient (Wildman–Crippen LogP) is 6.92. The molecular weight excluding hydrogens is 657 g/mol. The van der Waals surface area contributed by atoms with E-state index in [1.165, 1.54) is 24.1 Å². The Bertz CT molecular complexity index is 1750. The van der Waals surface area contributed by atoms with Crippen molar-refractivity contribution in [2.24, 2.45) is 5.92 Å². The Kier molecular flexibility index (Phi) is 12.3. The molecule has 4 rings (SSSR count). The average Bonchev–Trinajstić information content (AvgIpc) is 3.06. The van der Waals surface area contributed by atoms with E-state index in [1.54, 1.807) is 54.6 Å². The van der Waals surface area contributed by atoms with Crippen LogP contribution in [0.3, 0.4) is 0 Å². The van der Waals surface area contributed by atoms with Crippen LogP contribution in [0.1, 0.15) is 30.5 Å². The second kappa shape index (κ2) is 16.2. The monoisotopic (exact) mass is 695 g/mol. The molecule has 0 fully saturated rings. The number of ether oxygens (including phenoxy) is 1. The van der Waals surface area contributed by atoms with Crippen molar-refractivity contribution in [2.45, 2.75) is 44.7 Å². The molecule has 4 aromatic rings. The molecule has 0 radical (unpaired) electrons. The fourth-order valence-corrected chi connectivity index (χ4v) is 6.88. The van der Waals surface area contributed by atoms with Crippen LogP contribution in [0.2, 0.25) is 10.0 Å². The molecule has 1 unspecified atom stereocenters. The Labute approximate surface area is 287 Å². The minimum atomic E-state index is -4.26. The normalized spacial score (nSPS) is 12.0. The molecule has 2 amide bonds. The van der Waals surface area contributed by atoms with Crippen molar-refractivity contribution in [3.05, 3.63) is 124 Å². The van der Waals surface area contributed by atoms with Gasteiger partial charge in [0.2, 0.25) is 11.8 Å². The number of nitrogens with zero attached hydrogens (tertiary/aromatic N) is 2. The standard InChI is InChI=1S/C36H39Cl2N3O5S/c1-25(2)22-39-36(43)34(21-27-9-6-5-7-10-27)40(23-31-32(37)11-8-12-33(31)38)35(42)24-41(28-15-13-26(3)14-16-28)47(44,45)30-19-17-29(46-4)18-20-30/h5-20,25,34H,21-24H2,1-4H3,(H,39,43). The Morgan fingerprint density at radius 3 is 2.04 bits per heavy atom. The molecular formula is C36H39Cl2N3O5S. The Morgan fingerprint density at radius 1 is 0.851 bits per heavy atom. The molecule has 47 heavy (non-hydrogen) atoms. The first-order valence-electron chi connectivity index (χ1n) is 15.2. The lowest BCUT2D eigenvalue weighted by molar-refractivity contribution is -0.140. The van der Waals surface area contributed by atoms with E-state index in [-0.39, 0.29) is 29.7 Å². The van der Waals surface area contributed by atoms with Crippen molar-refractivity contribution in [1.29, 1.82) is 0 Å². The largest absolute Gasteiger partial charge is 0.497 e. The van der Waals surface area contributed by atoms with Gasteiger partial charge >= 0.3 is 0 Å². The van der Waals surface area contributed by atoms with Gasteiger partial charge in [0.1, 0.15) is 18.3 Å². The van der Waals surface area contributed by atoms with Gasteiger partial charge in [0.05, 0.1) is 17.7 Å². The zero-order chi connectivity index (χ0) is 34.1. The van der Waals surface area contributed by atoms with Gasteiger partial charge in [0.25, 0.3) is 10.0 Å². The number of carbonyl (C=O) groups excluding carboxylic acids is 2. The number of amides is 2. The van der Waals surface area contributed by atoms with Crippen LogP contribution in [0.15, 0.2) is 102 Å². The summed E-state index contributed by atoms with van der Waals surface area (Å²) in [6, 6.07) is 26.1. The van der Waals surface area contributed by atoms with Gasteiger partial charge in [-0.2, -0.15) is 0 Å². The van der Waals surface area contributed by atoms with Gasteiger partial charge in [-0.15, -0.1) is 0 Å². The second-order valence-corrected chi connectivity index (χ2v) is 14.3. The van der Waals surface area contributed by atoms with Gasteiger partial charge in [0, 0.05) is 35.1 Å². The predicted molar refractivity (Wildman–Crippen MR) is 187 cm³/mol. The minimum absolute atomic E-state index is 0.0251. The van der Waals surface area contributed by atoms with Gasteiger partial charge < -0.3 is 15.0 Å². The van der Waals surface area contributed by atoms with Gasteiger partial charge in [-0.3, -0.25) is 13.9 Å². The average molecular weight is 697 g/mol. The summed E-state index contributed by atoms with van der Waals surface area (Å²) in [5, 5.41) is 3.60. The van der Waals surface area contributed by atoms with E-state index in [4.69, 9.17) is 27.9 Å². The highest BCUT2D eigenvalue weighted by Crippen LogP contribution is 2.29. The molecule has 0 aliphatic rings. The number of hydrogen-bond acceptors (Lipinski definition) is 5. The SMILES string of the molecule is COc1ccc(S(=O)(=O)N(CC(=O)N(Cc2c(Cl)cccc2Cl)C(Cc2ccccc2)C(=O)NCC(C)C)c2ccc(C)cc2)cc1. The number of sulfonamides is 1. The first kappa shape index (κ1) is 35.8. The molecule has 0 aliphatic heterocycles. The number of rotatable bonds is 14. The van der Waals surface area contributed by atoms with Crippen molar-refractivity contribution in [3.63, 3.8) is 0 Å². The molecule has 0 aliphatic carbocycles. The maximum absolute atomic E-state index is 14.6. The van der Waals surface area contributed by atoms with Crippen LogP contribution in [-0.4, -0.2) is 51.4 Å². The van der Waals surface area contributed by atoms with E-state index in [9.17, 15) is 18.0 Å². The molecule has 0 heterocycles. The topological polar surface area (TPSA) is 96.0 Å². The van der Waals surface area contributed by atoms with Crippen LogP contribution < -0.4 is 14.4 Å². The number of methoxy groups -OCH3 is 1. The second-order valence-electron chi connectivity index (χ2n) is 11.6. The minimum Gasteiger partial charge on any atom is -0.497 e. The number of aryl methyl sites for hydroxylation is 1. The first-order valence-corrected chi connectivity index (χ1v) is 17.4. The Hall–Kier alpha value is -4.05. The zero-order valence-corrected chi connectivity index (χ0v) is 29.1. The number of halogens is 2. The zero-order valence-electron chi connectivity index (χ0n) is 26.8. The van der Waals surface area contributed by atoms with E-state index in [0.717, 1.165) is 15.4 Å². The van der Waals surface area contributed by atoms with E-state index in [1.807, 2.05) is 51.1 Å². The number of carbonyl (C=O) groups is 2. The summed E-state index contributed by atoms with van der Waals surface area (Å²) in [6.45, 7) is 5.50. The Morgan fingerprint density at radius 2 is 1.47 bits per heavy atom. The maximum Gasteiger partial charge on any atom is 0.264 e. The highest BCUT2D eigenvalue weighted by molar-refractivity contribution is 7.92. The highest BCUT2D eigenvalue weighted by atomic mass is 35.5. The molecule has 11 heteroatoms. The van der Waals surface area contributed by atoms with Crippen LogP contribution in [-0.2, 0) is 32.6 Å². The third-order valence-corrected chi connectivity index (χ3v) is 10.1. The van der Waals surface area contributed by atoms with Crippen molar-refractivity contribution in [3.8, 4) is 5.75 Å². The van der Waals surface area contributed by atoms with Crippen molar-refractivity contribution < 1.29 is 22.7 Å². The van der Waals surface area contributed by atoms with Crippen molar-refractivity contribution in [1.82, 2.24) is 10.2 Å². The third kappa shape index (κ3) is 9.28. The molecule has 0 spiro atoms. The molecule has 248 valence electrons. The number of hydrogen-bond donors (Lipinski definition) is 1. The van der Waals surface area contributed by atoms with E-state index < -0.39 is 28.5 Å². The lowest BCUT2D eigenvalue weighted by Gasteiger charge is -2.34. The van der Waals surface area contributed by atoms with Gasteiger partial charge in [0.15, 0.2) is 0 Å². The first-order chi connectivity index (χ1) is 22.4. The van der Waals surface area contributed by atoms with Gasteiger partial charge in [-0.25, -0.2) is 8.42 Å². The fourth-order valence-electron chi connectivity index (χ4n) is 4.94. The summed E-state index contributed by atoms with van der Waals surface area (Å²) in [7, 11) is -2.77. The summed E-state index contributed by atoms with van der Waals surface area (Å²) in [5.74, 6) is -0.343. The van der Waals surface area contributed by atoms with Crippen LogP contribution in [0, 0.1) is 12.8 Å². The van der Waals surface area contributed by atoms with Gasteiger partial charge in [-0.1, -0.05) is 91.1 Å². The number of benzene rings is 4. The van der Waals surface area contributed by atoms with E-state index >= 15 is 0 Å². The molecule has 0 saturated carbocycles. The van der Waals surface area contributed by atoms with Crippen LogP contribution >= 0.6 is 23.2 Å². The van der Waals surface area contributed by atoms with Crippen LogP contribution in [0.25, 0.3) is 0 Å². The summed E-state index contributed by atoms with van der Waals surface area (Å²) < 4.78 is 34.7. The molecule has 0 aromatic heterocycles. The number of nitrogens with one attached hydrogen (secondary N) is 1. The van der Waals surface area contributed by atoms with Crippen molar-refractivity contribution >= 4 is 50.7 Å². The molecule has 0 bridgehead atoms. The highest BCUT2D eigenvalue weighted by Gasteiger charge is 2.35. The molecule has 8 nitrogen and oxygen atoms in total. The number of anilines is 1. The summed E-state index contributed by atoms with van der Waals surface area (Å²) in [5.41, 5.74) is 2.47.